The van der Waals surface area contributed by atoms with E-state index in [1.165, 1.54) is 5.56 Å². The first-order valence-electron chi connectivity index (χ1n) is 12.5. The Labute approximate surface area is 221 Å². The van der Waals surface area contributed by atoms with Gasteiger partial charge in [-0.15, -0.1) is 0 Å². The summed E-state index contributed by atoms with van der Waals surface area (Å²) in [7, 11) is 0. The normalized spacial score (nSPS) is 16.2. The van der Waals surface area contributed by atoms with Crippen molar-refractivity contribution in [1.82, 2.24) is 9.55 Å². The summed E-state index contributed by atoms with van der Waals surface area (Å²) in [5.74, 6) is 2.05. The number of nitrogens with zero attached hydrogens (tertiary/aromatic N) is 3. The number of imidazole rings is 1. The number of hydrogen-bond donors (Lipinski definition) is 0. The van der Waals surface area contributed by atoms with Crippen molar-refractivity contribution in [3.8, 4) is 5.75 Å². The van der Waals surface area contributed by atoms with E-state index in [0.29, 0.717) is 19.6 Å². The summed E-state index contributed by atoms with van der Waals surface area (Å²) in [5, 5.41) is 0. The van der Waals surface area contributed by atoms with Gasteiger partial charge in [-0.05, 0) is 69.7 Å². The van der Waals surface area contributed by atoms with Crippen molar-refractivity contribution < 1.29 is 9.53 Å². The number of benzene rings is 3. The van der Waals surface area contributed by atoms with E-state index < -0.39 is 0 Å². The summed E-state index contributed by atoms with van der Waals surface area (Å²) in [6.07, 6.45) is 1.31. The Bertz CT molecular complexity index is 1370. The number of carbonyl (C=O) groups excluding carboxylic acids is 1. The standard InChI is InChI=1S/C30H32BrN3O2/c1-30(2,3)22-13-15-23(16-14-22)36-18-8-17-33-27-12-7-5-10-25(27)32-29(33)21-19-28(35)34(20-21)26-11-6-4-9-24(26)31/h4-7,9-16,21H,8,17-20H2,1-3H3. The monoisotopic (exact) mass is 545 g/mol. The zero-order valence-corrected chi connectivity index (χ0v) is 22.7. The maximum Gasteiger partial charge on any atom is 0.227 e. The largest absolute Gasteiger partial charge is 0.494 e. The number of rotatable bonds is 7. The van der Waals surface area contributed by atoms with Crippen LogP contribution in [0, 0.1) is 0 Å². The highest BCUT2D eigenvalue weighted by molar-refractivity contribution is 9.10. The molecule has 5 nitrogen and oxygen atoms in total. The van der Waals surface area contributed by atoms with Gasteiger partial charge in [-0.25, -0.2) is 4.98 Å². The van der Waals surface area contributed by atoms with Gasteiger partial charge in [0.25, 0.3) is 0 Å². The van der Waals surface area contributed by atoms with Crippen LogP contribution < -0.4 is 9.64 Å². The molecule has 1 amide bonds. The molecule has 1 atom stereocenters. The highest BCUT2D eigenvalue weighted by Crippen LogP contribution is 2.36. The van der Waals surface area contributed by atoms with Crippen LogP contribution in [-0.2, 0) is 16.8 Å². The molecule has 0 spiro atoms. The third-order valence-electron chi connectivity index (χ3n) is 6.83. The van der Waals surface area contributed by atoms with E-state index in [0.717, 1.165) is 45.7 Å². The third-order valence-corrected chi connectivity index (χ3v) is 7.50. The zero-order chi connectivity index (χ0) is 25.3. The Morgan fingerprint density at radius 1 is 1.00 bits per heavy atom. The summed E-state index contributed by atoms with van der Waals surface area (Å²) < 4.78 is 9.26. The predicted molar refractivity (Wildman–Crippen MR) is 149 cm³/mol. The first kappa shape index (κ1) is 24.6. The molecule has 2 heterocycles. The number of carbonyl (C=O) groups is 1. The molecule has 1 fully saturated rings. The maximum absolute atomic E-state index is 13.0. The van der Waals surface area contributed by atoms with Gasteiger partial charge in [0.15, 0.2) is 0 Å². The van der Waals surface area contributed by atoms with Gasteiger partial charge in [0.1, 0.15) is 11.6 Å². The molecule has 4 aromatic rings. The van der Waals surface area contributed by atoms with Gasteiger partial charge in [-0.3, -0.25) is 4.79 Å². The zero-order valence-electron chi connectivity index (χ0n) is 21.1. The molecule has 1 aromatic heterocycles. The molecule has 36 heavy (non-hydrogen) atoms. The second-order valence-electron chi connectivity index (χ2n) is 10.4. The second-order valence-corrected chi connectivity index (χ2v) is 11.3. The van der Waals surface area contributed by atoms with Crippen molar-refractivity contribution in [2.45, 2.75) is 51.5 Å². The fraction of sp³-hybridized carbons (Fsp3) is 0.333. The Balaban J connectivity index is 1.30. The van der Waals surface area contributed by atoms with Crippen LogP contribution in [0.2, 0.25) is 0 Å². The van der Waals surface area contributed by atoms with Crippen LogP contribution in [0.4, 0.5) is 5.69 Å². The molecule has 1 aliphatic rings. The molecule has 186 valence electrons. The Morgan fingerprint density at radius 2 is 1.72 bits per heavy atom. The van der Waals surface area contributed by atoms with Gasteiger partial charge in [-0.1, -0.05) is 57.2 Å². The SMILES string of the molecule is CC(C)(C)c1ccc(OCCCn2c(C3CC(=O)N(c4ccccc4Br)C3)nc3ccccc32)cc1. The minimum atomic E-state index is 0.0443. The lowest BCUT2D eigenvalue weighted by Crippen LogP contribution is -2.25. The molecule has 0 radical (unpaired) electrons. The van der Waals surface area contributed by atoms with Crippen molar-refractivity contribution in [3.05, 3.63) is 88.7 Å². The minimum absolute atomic E-state index is 0.0443. The quantitative estimate of drug-likeness (QED) is 0.233. The van der Waals surface area contributed by atoms with Gasteiger partial charge in [0.2, 0.25) is 5.91 Å². The van der Waals surface area contributed by atoms with E-state index in [2.05, 4.69) is 71.6 Å². The molecule has 1 saturated heterocycles. The Hall–Kier alpha value is -3.12. The number of para-hydroxylation sites is 3. The lowest BCUT2D eigenvalue weighted by molar-refractivity contribution is -0.117. The van der Waals surface area contributed by atoms with E-state index in [-0.39, 0.29) is 17.2 Å². The van der Waals surface area contributed by atoms with Crippen LogP contribution in [0.3, 0.4) is 0 Å². The highest BCUT2D eigenvalue weighted by Gasteiger charge is 2.35. The third kappa shape index (κ3) is 5.05. The fourth-order valence-electron chi connectivity index (χ4n) is 4.89. The number of anilines is 1. The number of aromatic nitrogens is 2. The Kier molecular flexibility index (Phi) is 6.89. The summed E-state index contributed by atoms with van der Waals surface area (Å²) in [6.45, 7) is 8.67. The van der Waals surface area contributed by atoms with Crippen LogP contribution in [0.1, 0.15) is 50.9 Å². The van der Waals surface area contributed by atoms with Crippen LogP contribution in [0.5, 0.6) is 5.75 Å². The van der Waals surface area contributed by atoms with Crippen LogP contribution in [0.25, 0.3) is 11.0 Å². The minimum Gasteiger partial charge on any atom is -0.494 e. The molecule has 0 N–H and O–H groups in total. The van der Waals surface area contributed by atoms with Gasteiger partial charge in [-0.2, -0.15) is 0 Å². The molecule has 3 aromatic carbocycles. The highest BCUT2D eigenvalue weighted by atomic mass is 79.9. The van der Waals surface area contributed by atoms with Crippen molar-refractivity contribution in [3.63, 3.8) is 0 Å². The molecule has 1 unspecified atom stereocenters. The molecule has 1 aliphatic heterocycles. The van der Waals surface area contributed by atoms with E-state index in [1.807, 2.05) is 47.4 Å². The number of halogens is 1. The van der Waals surface area contributed by atoms with Crippen molar-refractivity contribution in [1.29, 1.82) is 0 Å². The first-order chi connectivity index (χ1) is 17.3. The Morgan fingerprint density at radius 3 is 2.47 bits per heavy atom. The van der Waals surface area contributed by atoms with Gasteiger partial charge < -0.3 is 14.2 Å². The summed E-state index contributed by atoms with van der Waals surface area (Å²) in [5.41, 5.74) is 4.42. The van der Waals surface area contributed by atoms with Gasteiger partial charge in [0, 0.05) is 29.9 Å². The van der Waals surface area contributed by atoms with Gasteiger partial charge in [0.05, 0.1) is 23.3 Å². The van der Waals surface area contributed by atoms with E-state index in [4.69, 9.17) is 9.72 Å². The number of fused-ring (bicyclic) bond motifs is 1. The maximum atomic E-state index is 13.0. The van der Waals surface area contributed by atoms with Crippen molar-refractivity contribution in [2.75, 3.05) is 18.1 Å². The molecule has 5 rings (SSSR count). The number of aryl methyl sites for hydroxylation is 1. The average molecular weight is 547 g/mol. The predicted octanol–water partition coefficient (Wildman–Crippen LogP) is 7.09. The smallest absolute Gasteiger partial charge is 0.227 e. The molecule has 6 heteroatoms. The lowest BCUT2D eigenvalue weighted by Gasteiger charge is -2.19. The van der Waals surface area contributed by atoms with Crippen LogP contribution in [0.15, 0.2) is 77.3 Å². The molecule has 0 saturated carbocycles. The molecular weight excluding hydrogens is 514 g/mol. The first-order valence-corrected chi connectivity index (χ1v) is 13.3. The summed E-state index contributed by atoms with van der Waals surface area (Å²) >= 11 is 3.60. The van der Waals surface area contributed by atoms with E-state index in [9.17, 15) is 4.79 Å². The average Bonchev–Trinajstić information content (AvgIpc) is 3.42. The lowest BCUT2D eigenvalue weighted by atomic mass is 9.87. The van der Waals surface area contributed by atoms with Gasteiger partial charge >= 0.3 is 0 Å². The van der Waals surface area contributed by atoms with Crippen LogP contribution >= 0.6 is 15.9 Å². The number of hydrogen-bond acceptors (Lipinski definition) is 3. The summed E-state index contributed by atoms with van der Waals surface area (Å²) in [4.78, 5) is 19.8. The number of amides is 1. The topological polar surface area (TPSA) is 47.4 Å². The van der Waals surface area contributed by atoms with Crippen molar-refractivity contribution in [2.24, 2.45) is 0 Å². The fourth-order valence-corrected chi connectivity index (χ4v) is 5.39. The van der Waals surface area contributed by atoms with Crippen LogP contribution in [-0.4, -0.2) is 28.6 Å². The molecular formula is C30H32BrN3O2. The van der Waals surface area contributed by atoms with E-state index in [1.54, 1.807) is 0 Å². The summed E-state index contributed by atoms with van der Waals surface area (Å²) in [6, 6.07) is 24.5. The second kappa shape index (κ2) is 10.1. The van der Waals surface area contributed by atoms with E-state index >= 15 is 0 Å². The van der Waals surface area contributed by atoms with Crippen molar-refractivity contribution >= 4 is 38.6 Å². The molecule has 0 bridgehead atoms. The number of ether oxygens (including phenoxy) is 1. The molecule has 0 aliphatic carbocycles.